The Bertz CT molecular complexity index is 173. The van der Waals surface area contributed by atoms with Crippen molar-refractivity contribution in [3.8, 4) is 0 Å². The largest absolute Gasteiger partial charge is 0.466 e. The molecule has 0 aromatic heterocycles. The third-order valence-electron chi connectivity index (χ3n) is 1.64. The fraction of sp³-hybridized carbons (Fsp3) is 0.818. The summed E-state index contributed by atoms with van der Waals surface area (Å²) in [6.07, 6.45) is -0.0982. The predicted octanol–water partition coefficient (Wildman–Crippen LogP) is 1.96. The van der Waals surface area contributed by atoms with Gasteiger partial charge in [0.05, 0.1) is 6.61 Å². The van der Waals surface area contributed by atoms with Crippen LogP contribution in [0.25, 0.3) is 0 Å². The SMILES string of the molecule is CC.CCOC(=O)CC(=O)C(CC)OC. The number of rotatable bonds is 6. The fourth-order valence-corrected chi connectivity index (χ4v) is 0.994. The molecule has 1 atom stereocenters. The highest BCUT2D eigenvalue weighted by molar-refractivity contribution is 5.97. The first-order chi connectivity index (χ1) is 7.15. The van der Waals surface area contributed by atoms with E-state index in [1.807, 2.05) is 20.8 Å². The van der Waals surface area contributed by atoms with Crippen molar-refractivity contribution in [1.29, 1.82) is 0 Å². The molecule has 0 aromatic carbocycles. The number of ether oxygens (including phenoxy) is 2. The second-order valence-electron chi connectivity index (χ2n) is 2.58. The molecule has 0 aliphatic heterocycles. The molecular weight excluding hydrogens is 196 g/mol. The molecular formula is C11H22O4. The lowest BCUT2D eigenvalue weighted by Crippen LogP contribution is -2.25. The van der Waals surface area contributed by atoms with Gasteiger partial charge in [0.25, 0.3) is 0 Å². The Kier molecular flexibility index (Phi) is 12.3. The molecule has 0 fully saturated rings. The highest BCUT2D eigenvalue weighted by Gasteiger charge is 2.19. The molecule has 4 heteroatoms. The summed E-state index contributed by atoms with van der Waals surface area (Å²) in [5.74, 6) is -0.702. The van der Waals surface area contributed by atoms with Gasteiger partial charge >= 0.3 is 5.97 Å². The number of Topliss-reactive ketones (excluding diaryl/α,β-unsaturated/α-hetero) is 1. The van der Waals surface area contributed by atoms with E-state index in [2.05, 4.69) is 4.74 Å². The zero-order valence-electron chi connectivity index (χ0n) is 10.3. The van der Waals surface area contributed by atoms with Gasteiger partial charge in [0.2, 0.25) is 0 Å². The van der Waals surface area contributed by atoms with Crippen molar-refractivity contribution in [1.82, 2.24) is 0 Å². The van der Waals surface area contributed by atoms with E-state index in [0.717, 1.165) is 0 Å². The Hall–Kier alpha value is -0.900. The second kappa shape index (κ2) is 11.2. The number of ketones is 1. The van der Waals surface area contributed by atoms with Crippen molar-refractivity contribution < 1.29 is 19.1 Å². The lowest BCUT2D eigenvalue weighted by atomic mass is 10.1. The molecule has 90 valence electrons. The summed E-state index contributed by atoms with van der Waals surface area (Å²) in [6.45, 7) is 7.84. The van der Waals surface area contributed by atoms with Gasteiger partial charge in [0, 0.05) is 7.11 Å². The maximum atomic E-state index is 11.3. The molecule has 15 heavy (non-hydrogen) atoms. The van der Waals surface area contributed by atoms with Crippen molar-refractivity contribution in [2.45, 2.75) is 46.6 Å². The molecule has 0 heterocycles. The Morgan fingerprint density at radius 1 is 1.20 bits per heavy atom. The molecule has 0 saturated carbocycles. The van der Waals surface area contributed by atoms with Gasteiger partial charge in [-0.15, -0.1) is 0 Å². The average molecular weight is 218 g/mol. The Morgan fingerprint density at radius 3 is 2.07 bits per heavy atom. The Labute approximate surface area is 91.9 Å². The highest BCUT2D eigenvalue weighted by Crippen LogP contribution is 2.02. The average Bonchev–Trinajstić information content (AvgIpc) is 2.22. The molecule has 0 aliphatic carbocycles. The van der Waals surface area contributed by atoms with Crippen LogP contribution < -0.4 is 0 Å². The van der Waals surface area contributed by atoms with Crippen molar-refractivity contribution in [3.05, 3.63) is 0 Å². The number of esters is 1. The smallest absolute Gasteiger partial charge is 0.313 e. The van der Waals surface area contributed by atoms with Crippen LogP contribution >= 0.6 is 0 Å². The number of carbonyl (C=O) groups excluding carboxylic acids is 2. The molecule has 0 bridgehead atoms. The van der Waals surface area contributed by atoms with E-state index in [-0.39, 0.29) is 12.2 Å². The van der Waals surface area contributed by atoms with Crippen LogP contribution in [0.1, 0.15) is 40.5 Å². The quantitative estimate of drug-likeness (QED) is 0.505. The summed E-state index contributed by atoms with van der Waals surface area (Å²) in [5.41, 5.74) is 0. The lowest BCUT2D eigenvalue weighted by Gasteiger charge is -2.10. The second-order valence-corrected chi connectivity index (χ2v) is 2.58. The molecule has 0 aromatic rings. The van der Waals surface area contributed by atoms with Gasteiger partial charge in [-0.1, -0.05) is 20.8 Å². The molecule has 0 N–H and O–H groups in total. The summed E-state index contributed by atoms with van der Waals surface area (Å²) in [7, 11) is 1.46. The third kappa shape index (κ3) is 8.12. The van der Waals surface area contributed by atoms with Crippen LogP contribution in [0.15, 0.2) is 0 Å². The summed E-state index contributed by atoms with van der Waals surface area (Å²) in [4.78, 5) is 22.2. The van der Waals surface area contributed by atoms with Gasteiger partial charge in [-0.2, -0.15) is 0 Å². The summed E-state index contributed by atoms with van der Waals surface area (Å²) in [5, 5.41) is 0. The molecule has 0 amide bonds. The summed E-state index contributed by atoms with van der Waals surface area (Å²) < 4.78 is 9.52. The first-order valence-electron chi connectivity index (χ1n) is 5.36. The van der Waals surface area contributed by atoms with Crippen LogP contribution in [0.3, 0.4) is 0 Å². The van der Waals surface area contributed by atoms with Crippen molar-refractivity contribution in [2.24, 2.45) is 0 Å². The van der Waals surface area contributed by atoms with Crippen molar-refractivity contribution in [2.75, 3.05) is 13.7 Å². The molecule has 0 aliphatic rings. The van der Waals surface area contributed by atoms with Crippen LogP contribution in [0, 0.1) is 0 Å². The third-order valence-corrected chi connectivity index (χ3v) is 1.64. The van der Waals surface area contributed by atoms with Crippen LogP contribution in [0.4, 0.5) is 0 Å². The zero-order chi connectivity index (χ0) is 12.3. The van der Waals surface area contributed by atoms with Crippen LogP contribution in [0.5, 0.6) is 0 Å². The van der Waals surface area contributed by atoms with E-state index in [9.17, 15) is 9.59 Å². The number of carbonyl (C=O) groups is 2. The monoisotopic (exact) mass is 218 g/mol. The summed E-state index contributed by atoms with van der Waals surface area (Å²) in [6, 6.07) is 0. The van der Waals surface area contributed by atoms with Crippen LogP contribution in [-0.2, 0) is 19.1 Å². The predicted molar refractivity (Wildman–Crippen MR) is 58.7 cm³/mol. The minimum Gasteiger partial charge on any atom is -0.466 e. The number of methoxy groups -OCH3 is 1. The van der Waals surface area contributed by atoms with Gasteiger partial charge < -0.3 is 9.47 Å². The maximum Gasteiger partial charge on any atom is 0.313 e. The molecule has 1 unspecified atom stereocenters. The van der Waals surface area contributed by atoms with E-state index in [0.29, 0.717) is 13.0 Å². The lowest BCUT2D eigenvalue weighted by molar-refractivity contribution is -0.147. The molecule has 4 nitrogen and oxygen atoms in total. The molecule has 0 spiro atoms. The van der Waals surface area contributed by atoms with Crippen molar-refractivity contribution >= 4 is 11.8 Å². The van der Waals surface area contributed by atoms with E-state index in [4.69, 9.17) is 4.74 Å². The highest BCUT2D eigenvalue weighted by atomic mass is 16.5. The van der Waals surface area contributed by atoms with E-state index in [1.165, 1.54) is 7.11 Å². The number of hydrogen-bond acceptors (Lipinski definition) is 4. The Morgan fingerprint density at radius 2 is 1.73 bits per heavy atom. The Balaban J connectivity index is 0. The summed E-state index contributed by atoms with van der Waals surface area (Å²) >= 11 is 0. The van der Waals surface area contributed by atoms with Gasteiger partial charge in [-0.05, 0) is 13.3 Å². The first kappa shape index (κ1) is 16.5. The first-order valence-corrected chi connectivity index (χ1v) is 5.36. The normalized spacial score (nSPS) is 11.0. The minimum atomic E-state index is -0.483. The van der Waals surface area contributed by atoms with E-state index in [1.54, 1.807) is 6.92 Å². The van der Waals surface area contributed by atoms with E-state index >= 15 is 0 Å². The zero-order valence-corrected chi connectivity index (χ0v) is 10.3. The minimum absolute atomic E-state index is 0.194. The molecule has 0 saturated heterocycles. The van der Waals surface area contributed by atoms with Crippen LogP contribution in [-0.4, -0.2) is 31.6 Å². The molecule has 0 radical (unpaired) electrons. The van der Waals surface area contributed by atoms with E-state index < -0.39 is 12.1 Å². The van der Waals surface area contributed by atoms with Gasteiger partial charge in [0.1, 0.15) is 12.5 Å². The maximum absolute atomic E-state index is 11.3. The van der Waals surface area contributed by atoms with Crippen LogP contribution in [0.2, 0.25) is 0 Å². The fourth-order valence-electron chi connectivity index (χ4n) is 0.994. The van der Waals surface area contributed by atoms with Gasteiger partial charge in [-0.3, -0.25) is 9.59 Å². The topological polar surface area (TPSA) is 52.6 Å². The number of hydrogen-bond donors (Lipinski definition) is 0. The molecule has 0 rings (SSSR count). The standard InChI is InChI=1S/C9H16O4.C2H6/c1-4-8(12-3)7(10)6-9(11)13-5-2;1-2/h8H,4-6H2,1-3H3;1-2H3. The van der Waals surface area contributed by atoms with Gasteiger partial charge in [0.15, 0.2) is 5.78 Å². The van der Waals surface area contributed by atoms with Crippen molar-refractivity contribution in [3.63, 3.8) is 0 Å². The van der Waals surface area contributed by atoms with Gasteiger partial charge in [-0.25, -0.2) is 0 Å².